The van der Waals surface area contributed by atoms with Crippen LogP contribution < -0.4 is 0 Å². The normalized spacial score (nSPS) is 17.9. The summed E-state index contributed by atoms with van der Waals surface area (Å²) >= 11 is 1.55. The van der Waals surface area contributed by atoms with E-state index < -0.39 is 0 Å². The number of benzene rings is 1. The number of hydrogen-bond acceptors (Lipinski definition) is 5. The van der Waals surface area contributed by atoms with Crippen molar-refractivity contribution in [3.8, 4) is 5.75 Å². The summed E-state index contributed by atoms with van der Waals surface area (Å²) in [7, 11) is 0. The van der Waals surface area contributed by atoms with Gasteiger partial charge in [-0.3, -0.25) is 9.59 Å². The molecule has 2 aromatic rings. The second-order valence-corrected chi connectivity index (χ2v) is 8.58. The molecule has 148 valence electrons. The maximum absolute atomic E-state index is 13.0. The van der Waals surface area contributed by atoms with Crippen molar-refractivity contribution in [2.24, 2.45) is 0 Å². The lowest BCUT2D eigenvalue weighted by molar-refractivity contribution is 0.0535. The predicted octanol–water partition coefficient (Wildman–Crippen LogP) is 3.41. The first kappa shape index (κ1) is 18.9. The number of phenols is 1. The third-order valence-electron chi connectivity index (χ3n) is 5.70. The summed E-state index contributed by atoms with van der Waals surface area (Å²) in [5, 5.41) is 11.0. The number of phenolic OH excluding ortho intramolecular Hbond substituents is 1. The zero-order valence-corrected chi connectivity index (χ0v) is 16.9. The van der Waals surface area contributed by atoms with Crippen LogP contribution in [-0.2, 0) is 0 Å². The van der Waals surface area contributed by atoms with Gasteiger partial charge in [0, 0.05) is 32.1 Å². The van der Waals surface area contributed by atoms with Gasteiger partial charge >= 0.3 is 0 Å². The number of piperazine rings is 1. The van der Waals surface area contributed by atoms with Crippen molar-refractivity contribution < 1.29 is 14.7 Å². The van der Waals surface area contributed by atoms with Gasteiger partial charge in [0.05, 0.1) is 16.3 Å². The number of aryl methyl sites for hydroxylation is 1. The Morgan fingerprint density at radius 1 is 1.04 bits per heavy atom. The van der Waals surface area contributed by atoms with Gasteiger partial charge in [-0.15, -0.1) is 11.3 Å². The topological polar surface area (TPSA) is 73.7 Å². The average molecular weight is 400 g/mol. The largest absolute Gasteiger partial charge is 0.507 e. The van der Waals surface area contributed by atoms with Crippen molar-refractivity contribution in [1.29, 1.82) is 0 Å². The molecule has 2 heterocycles. The molecule has 0 spiro atoms. The van der Waals surface area contributed by atoms with E-state index in [2.05, 4.69) is 4.98 Å². The molecule has 6 nitrogen and oxygen atoms in total. The van der Waals surface area contributed by atoms with Crippen LogP contribution in [0.3, 0.4) is 0 Å². The van der Waals surface area contributed by atoms with Gasteiger partial charge in [-0.2, -0.15) is 0 Å². The predicted molar refractivity (Wildman–Crippen MR) is 108 cm³/mol. The molecule has 1 N–H and O–H groups in total. The summed E-state index contributed by atoms with van der Waals surface area (Å²) in [5.74, 6) is 0.334. The Morgan fingerprint density at radius 3 is 2.29 bits per heavy atom. The molecule has 0 radical (unpaired) electrons. The number of carbonyl (C=O) groups excluding carboxylic acids is 2. The molecule has 1 aromatic heterocycles. The Kier molecular flexibility index (Phi) is 5.35. The van der Waals surface area contributed by atoms with Gasteiger partial charge in [0.1, 0.15) is 10.6 Å². The summed E-state index contributed by atoms with van der Waals surface area (Å²) < 4.78 is 0. The number of para-hydroxylation sites is 1. The first-order valence-electron chi connectivity index (χ1n) is 9.88. The van der Waals surface area contributed by atoms with Gasteiger partial charge in [-0.1, -0.05) is 25.0 Å². The first-order chi connectivity index (χ1) is 13.5. The third kappa shape index (κ3) is 3.63. The highest BCUT2D eigenvalue weighted by atomic mass is 32.1. The third-order valence-corrected chi connectivity index (χ3v) is 7.01. The van der Waals surface area contributed by atoms with Crippen LogP contribution in [-0.4, -0.2) is 57.9 Å². The average Bonchev–Trinajstić information content (AvgIpc) is 3.37. The molecule has 0 bridgehead atoms. The van der Waals surface area contributed by atoms with E-state index in [9.17, 15) is 14.7 Å². The minimum absolute atomic E-state index is 0.00858. The summed E-state index contributed by atoms with van der Waals surface area (Å²) in [5.41, 5.74) is 1.13. The molecule has 1 saturated carbocycles. The summed E-state index contributed by atoms with van der Waals surface area (Å²) in [6, 6.07) is 6.57. The maximum atomic E-state index is 13.0. The summed E-state index contributed by atoms with van der Waals surface area (Å²) in [4.78, 5) is 34.6. The highest BCUT2D eigenvalue weighted by Gasteiger charge is 2.30. The van der Waals surface area contributed by atoms with Crippen molar-refractivity contribution >= 4 is 23.2 Å². The Morgan fingerprint density at radius 2 is 1.64 bits per heavy atom. The van der Waals surface area contributed by atoms with Gasteiger partial charge in [-0.05, 0) is 31.9 Å². The molecule has 1 aromatic carbocycles. The van der Waals surface area contributed by atoms with E-state index >= 15 is 0 Å². The van der Waals surface area contributed by atoms with Crippen LogP contribution >= 0.6 is 11.3 Å². The Hall–Kier alpha value is -2.41. The minimum atomic E-state index is -0.192. The molecule has 7 heteroatoms. The second-order valence-electron chi connectivity index (χ2n) is 7.55. The van der Waals surface area contributed by atoms with Crippen LogP contribution in [0, 0.1) is 6.92 Å². The number of nitrogens with zero attached hydrogens (tertiary/aromatic N) is 3. The lowest BCUT2D eigenvalue weighted by Gasteiger charge is -2.34. The van der Waals surface area contributed by atoms with E-state index in [1.807, 2.05) is 11.8 Å². The Bertz CT molecular complexity index is 881. The molecule has 0 atom stereocenters. The Labute approximate surface area is 168 Å². The monoisotopic (exact) mass is 399 g/mol. The lowest BCUT2D eigenvalue weighted by atomic mass is 10.1. The molecule has 1 aliphatic heterocycles. The van der Waals surface area contributed by atoms with Crippen molar-refractivity contribution in [3.05, 3.63) is 45.4 Å². The van der Waals surface area contributed by atoms with Crippen LogP contribution in [0.15, 0.2) is 24.3 Å². The van der Waals surface area contributed by atoms with Crippen LogP contribution in [0.25, 0.3) is 0 Å². The fourth-order valence-electron chi connectivity index (χ4n) is 4.04. The van der Waals surface area contributed by atoms with Gasteiger partial charge in [-0.25, -0.2) is 4.98 Å². The maximum Gasteiger partial charge on any atom is 0.265 e. The van der Waals surface area contributed by atoms with Crippen LogP contribution in [0.1, 0.15) is 62.3 Å². The molecule has 2 fully saturated rings. The molecule has 2 amide bonds. The quantitative estimate of drug-likeness (QED) is 0.858. The van der Waals surface area contributed by atoms with Crippen LogP contribution in [0.2, 0.25) is 0 Å². The van der Waals surface area contributed by atoms with Gasteiger partial charge < -0.3 is 14.9 Å². The van der Waals surface area contributed by atoms with Gasteiger partial charge in [0.15, 0.2) is 0 Å². The van der Waals surface area contributed by atoms with Crippen molar-refractivity contribution in [3.63, 3.8) is 0 Å². The Balaban J connectivity index is 1.40. The molecule has 2 aliphatic rings. The smallest absolute Gasteiger partial charge is 0.265 e. The standard InChI is InChI=1S/C21H25N3O3S/c1-14-18(28-19(22-14)15-6-2-3-7-15)21(27)24-12-10-23(11-13-24)20(26)16-8-4-5-9-17(16)25/h4-5,8-9,15,25H,2-3,6-7,10-13H2,1H3. The lowest BCUT2D eigenvalue weighted by Crippen LogP contribution is -2.50. The fourth-order valence-corrected chi connectivity index (χ4v) is 5.25. The van der Waals surface area contributed by atoms with E-state index in [1.54, 1.807) is 34.4 Å². The minimum Gasteiger partial charge on any atom is -0.507 e. The van der Waals surface area contributed by atoms with Crippen molar-refractivity contribution in [2.75, 3.05) is 26.2 Å². The molecular weight excluding hydrogens is 374 g/mol. The van der Waals surface area contributed by atoms with Gasteiger partial charge in [0.2, 0.25) is 0 Å². The molecular formula is C21H25N3O3S. The van der Waals surface area contributed by atoms with E-state index in [0.717, 1.165) is 15.6 Å². The van der Waals surface area contributed by atoms with E-state index in [-0.39, 0.29) is 17.6 Å². The molecule has 4 rings (SSSR count). The number of rotatable bonds is 3. The number of aromatic hydroxyl groups is 1. The molecule has 1 aliphatic carbocycles. The van der Waals surface area contributed by atoms with Crippen LogP contribution in [0.5, 0.6) is 5.75 Å². The van der Waals surface area contributed by atoms with E-state index in [1.165, 1.54) is 31.7 Å². The first-order valence-corrected chi connectivity index (χ1v) is 10.7. The van der Waals surface area contributed by atoms with Gasteiger partial charge in [0.25, 0.3) is 11.8 Å². The molecule has 28 heavy (non-hydrogen) atoms. The van der Waals surface area contributed by atoms with Crippen molar-refractivity contribution in [2.45, 2.75) is 38.5 Å². The highest BCUT2D eigenvalue weighted by Crippen LogP contribution is 2.37. The summed E-state index contributed by atoms with van der Waals surface area (Å²) in [6.45, 7) is 3.83. The highest BCUT2D eigenvalue weighted by molar-refractivity contribution is 7.13. The number of amides is 2. The SMILES string of the molecule is Cc1nc(C2CCCC2)sc1C(=O)N1CCN(C(=O)c2ccccc2O)CC1. The zero-order valence-electron chi connectivity index (χ0n) is 16.1. The summed E-state index contributed by atoms with van der Waals surface area (Å²) in [6.07, 6.45) is 4.85. The number of thiazole rings is 1. The van der Waals surface area contributed by atoms with E-state index in [4.69, 9.17) is 0 Å². The number of carbonyl (C=O) groups is 2. The molecule has 0 unspecified atom stereocenters. The fraction of sp³-hybridized carbons (Fsp3) is 0.476. The number of hydrogen-bond donors (Lipinski definition) is 1. The van der Waals surface area contributed by atoms with Crippen LogP contribution in [0.4, 0.5) is 0 Å². The molecule has 1 saturated heterocycles. The second kappa shape index (κ2) is 7.91. The zero-order chi connectivity index (χ0) is 19.7. The van der Waals surface area contributed by atoms with E-state index in [0.29, 0.717) is 37.7 Å². The van der Waals surface area contributed by atoms with Crippen molar-refractivity contribution in [1.82, 2.24) is 14.8 Å². The number of aromatic nitrogens is 1.